The molecule has 3 N–H and O–H groups in total. The molecule has 1 aromatic carbocycles. The predicted octanol–water partition coefficient (Wildman–Crippen LogP) is 3.93. The molecule has 0 spiro atoms. The van der Waals surface area contributed by atoms with E-state index in [0.29, 0.717) is 13.0 Å². The zero-order valence-corrected chi connectivity index (χ0v) is 13.1. The van der Waals surface area contributed by atoms with Crippen LogP contribution in [0, 0.1) is 5.41 Å². The summed E-state index contributed by atoms with van der Waals surface area (Å²) in [6.45, 7) is 2.52. The highest BCUT2D eigenvalue weighted by Crippen LogP contribution is 2.44. The molecule has 0 aromatic heterocycles. The van der Waals surface area contributed by atoms with Crippen molar-refractivity contribution in [1.82, 2.24) is 0 Å². The number of aliphatic hydroxyl groups is 1. The van der Waals surface area contributed by atoms with Crippen LogP contribution < -0.4 is 5.73 Å². The Balaban J connectivity index is 2.19. The number of halogens is 1. The summed E-state index contributed by atoms with van der Waals surface area (Å²) in [5, 5.41) is 11.9. The Labute approximate surface area is 127 Å². The highest BCUT2D eigenvalue weighted by Gasteiger charge is 2.45. The first-order valence-corrected chi connectivity index (χ1v) is 8.04. The second-order valence-corrected chi connectivity index (χ2v) is 6.91. The van der Waals surface area contributed by atoms with E-state index in [2.05, 4.69) is 0 Å². The Hall–Kier alpha value is -0.570. The van der Waals surface area contributed by atoms with Crippen molar-refractivity contribution in [2.75, 3.05) is 6.54 Å². The summed E-state index contributed by atoms with van der Waals surface area (Å²) in [7, 11) is 0. The number of benzene rings is 1. The van der Waals surface area contributed by atoms with E-state index < -0.39 is 5.60 Å². The maximum atomic E-state index is 11.1. The van der Waals surface area contributed by atoms with Crippen LogP contribution in [0.4, 0.5) is 0 Å². The molecule has 0 aliphatic heterocycles. The summed E-state index contributed by atoms with van der Waals surface area (Å²) in [5.74, 6) is 0. The van der Waals surface area contributed by atoms with Crippen LogP contribution in [0.5, 0.6) is 0 Å². The van der Waals surface area contributed by atoms with Crippen molar-refractivity contribution >= 4 is 11.6 Å². The minimum atomic E-state index is -0.764. The van der Waals surface area contributed by atoms with Gasteiger partial charge in [0.1, 0.15) is 0 Å². The van der Waals surface area contributed by atoms with Crippen LogP contribution in [-0.4, -0.2) is 17.3 Å². The van der Waals surface area contributed by atoms with E-state index in [-0.39, 0.29) is 5.41 Å². The lowest BCUT2D eigenvalue weighted by Crippen LogP contribution is -2.52. The van der Waals surface area contributed by atoms with E-state index in [9.17, 15) is 5.11 Å². The lowest BCUT2D eigenvalue weighted by Gasteiger charge is -2.45. The van der Waals surface area contributed by atoms with Gasteiger partial charge in [-0.1, -0.05) is 49.4 Å². The minimum absolute atomic E-state index is 0.150. The molecule has 1 saturated carbocycles. The van der Waals surface area contributed by atoms with E-state index in [1.807, 2.05) is 31.2 Å². The minimum Gasteiger partial charge on any atom is -0.389 e. The molecule has 0 saturated heterocycles. The molecule has 0 bridgehead atoms. The number of hydrogen-bond donors (Lipinski definition) is 2. The summed E-state index contributed by atoms with van der Waals surface area (Å²) in [4.78, 5) is 0. The first-order valence-electron chi connectivity index (χ1n) is 7.66. The summed E-state index contributed by atoms with van der Waals surface area (Å²) in [6, 6.07) is 7.76. The third kappa shape index (κ3) is 3.36. The molecule has 1 fully saturated rings. The van der Waals surface area contributed by atoms with Crippen LogP contribution in [0.2, 0.25) is 5.02 Å². The average molecular weight is 296 g/mol. The Kier molecular flexibility index (Phi) is 5.11. The third-order valence-corrected chi connectivity index (χ3v) is 5.31. The number of hydrogen-bond acceptors (Lipinski definition) is 2. The SMILES string of the molecule is CC(O)(Cc1ccc(Cl)cc1)C1(CN)CCCCCC1. The molecule has 20 heavy (non-hydrogen) atoms. The molecule has 0 amide bonds. The van der Waals surface area contributed by atoms with Gasteiger partial charge in [-0.25, -0.2) is 0 Å². The van der Waals surface area contributed by atoms with Crippen LogP contribution in [0.1, 0.15) is 51.0 Å². The molecule has 1 aromatic rings. The van der Waals surface area contributed by atoms with Gasteiger partial charge in [-0.2, -0.15) is 0 Å². The largest absolute Gasteiger partial charge is 0.389 e. The molecular weight excluding hydrogens is 270 g/mol. The molecule has 3 heteroatoms. The smallest absolute Gasteiger partial charge is 0.0727 e. The monoisotopic (exact) mass is 295 g/mol. The van der Waals surface area contributed by atoms with Gasteiger partial charge in [0.05, 0.1) is 5.60 Å². The van der Waals surface area contributed by atoms with Gasteiger partial charge < -0.3 is 10.8 Å². The summed E-state index contributed by atoms with van der Waals surface area (Å²) in [6.07, 6.45) is 7.58. The van der Waals surface area contributed by atoms with Gasteiger partial charge in [0, 0.05) is 23.4 Å². The van der Waals surface area contributed by atoms with E-state index in [1.165, 1.54) is 25.7 Å². The van der Waals surface area contributed by atoms with E-state index >= 15 is 0 Å². The van der Waals surface area contributed by atoms with Gasteiger partial charge in [0.15, 0.2) is 0 Å². The van der Waals surface area contributed by atoms with Crippen molar-refractivity contribution in [2.45, 2.75) is 57.5 Å². The molecule has 112 valence electrons. The zero-order valence-electron chi connectivity index (χ0n) is 12.4. The van der Waals surface area contributed by atoms with Gasteiger partial charge in [0.2, 0.25) is 0 Å². The Bertz CT molecular complexity index is 419. The Morgan fingerprint density at radius 3 is 2.20 bits per heavy atom. The first-order chi connectivity index (χ1) is 9.49. The van der Waals surface area contributed by atoms with Gasteiger partial charge in [-0.15, -0.1) is 0 Å². The van der Waals surface area contributed by atoms with Crippen LogP contribution in [0.25, 0.3) is 0 Å². The highest BCUT2D eigenvalue weighted by atomic mass is 35.5. The average Bonchev–Trinajstić information content (AvgIpc) is 2.68. The molecular formula is C17H26ClNO. The van der Waals surface area contributed by atoms with Gasteiger partial charge in [0.25, 0.3) is 0 Å². The molecule has 1 aliphatic rings. The predicted molar refractivity (Wildman–Crippen MR) is 85.0 cm³/mol. The second kappa shape index (κ2) is 6.46. The van der Waals surface area contributed by atoms with Crippen LogP contribution in [-0.2, 0) is 6.42 Å². The van der Waals surface area contributed by atoms with E-state index in [4.69, 9.17) is 17.3 Å². The topological polar surface area (TPSA) is 46.2 Å². The van der Waals surface area contributed by atoms with Crippen molar-refractivity contribution in [3.8, 4) is 0 Å². The van der Waals surface area contributed by atoms with Gasteiger partial charge in [-0.3, -0.25) is 0 Å². The van der Waals surface area contributed by atoms with Gasteiger partial charge in [-0.05, 0) is 37.5 Å². The molecule has 0 radical (unpaired) electrons. The van der Waals surface area contributed by atoms with Crippen LogP contribution in [0.3, 0.4) is 0 Å². The fourth-order valence-corrected chi connectivity index (χ4v) is 3.68. The first kappa shape index (κ1) is 15.8. The van der Waals surface area contributed by atoms with E-state index in [1.54, 1.807) is 0 Å². The quantitative estimate of drug-likeness (QED) is 0.827. The molecule has 2 nitrogen and oxygen atoms in total. The third-order valence-electron chi connectivity index (χ3n) is 5.06. The maximum absolute atomic E-state index is 11.1. The molecule has 1 unspecified atom stereocenters. The summed E-state index contributed by atoms with van der Waals surface area (Å²) >= 11 is 5.93. The fraction of sp³-hybridized carbons (Fsp3) is 0.647. The molecule has 1 atom stereocenters. The molecule has 2 rings (SSSR count). The van der Waals surface area contributed by atoms with Crippen molar-refractivity contribution in [2.24, 2.45) is 11.1 Å². The standard InChI is InChI=1S/C17H26ClNO/c1-16(20,12-14-6-8-15(18)9-7-14)17(13-19)10-4-2-3-5-11-17/h6-9,20H,2-5,10-13,19H2,1H3. The lowest BCUT2D eigenvalue weighted by atomic mass is 9.65. The van der Waals surface area contributed by atoms with E-state index in [0.717, 1.165) is 23.4 Å². The fourth-order valence-electron chi connectivity index (χ4n) is 3.56. The maximum Gasteiger partial charge on any atom is 0.0727 e. The number of nitrogens with two attached hydrogens (primary N) is 1. The van der Waals surface area contributed by atoms with Crippen molar-refractivity contribution in [3.63, 3.8) is 0 Å². The number of rotatable bonds is 4. The van der Waals surface area contributed by atoms with Crippen molar-refractivity contribution in [3.05, 3.63) is 34.9 Å². The van der Waals surface area contributed by atoms with Crippen LogP contribution in [0.15, 0.2) is 24.3 Å². The van der Waals surface area contributed by atoms with Gasteiger partial charge >= 0.3 is 0 Å². The van der Waals surface area contributed by atoms with Crippen molar-refractivity contribution < 1.29 is 5.11 Å². The second-order valence-electron chi connectivity index (χ2n) is 6.48. The highest BCUT2D eigenvalue weighted by molar-refractivity contribution is 6.30. The van der Waals surface area contributed by atoms with Crippen LogP contribution >= 0.6 is 11.6 Å². The summed E-state index contributed by atoms with van der Waals surface area (Å²) in [5.41, 5.74) is 6.30. The van der Waals surface area contributed by atoms with Crippen molar-refractivity contribution in [1.29, 1.82) is 0 Å². The zero-order chi connectivity index (χ0) is 14.6. The Morgan fingerprint density at radius 1 is 1.15 bits per heavy atom. The Morgan fingerprint density at radius 2 is 1.70 bits per heavy atom. The lowest BCUT2D eigenvalue weighted by molar-refractivity contribution is -0.0744. The normalized spacial score (nSPS) is 22.0. The summed E-state index contributed by atoms with van der Waals surface area (Å²) < 4.78 is 0. The molecule has 1 aliphatic carbocycles. The molecule has 0 heterocycles.